The summed E-state index contributed by atoms with van der Waals surface area (Å²) in [6.45, 7) is -0.187. The SMILES string of the molecule is COC(=O)CC1=C(C(=O)OC)C(O)(CCl)CO1. The van der Waals surface area contributed by atoms with Crippen molar-refractivity contribution in [3.05, 3.63) is 11.3 Å². The highest BCUT2D eigenvalue weighted by molar-refractivity contribution is 6.19. The molecule has 0 radical (unpaired) electrons. The molecule has 1 N–H and O–H groups in total. The van der Waals surface area contributed by atoms with Crippen molar-refractivity contribution < 1.29 is 28.9 Å². The van der Waals surface area contributed by atoms with Gasteiger partial charge in [0.15, 0.2) is 0 Å². The van der Waals surface area contributed by atoms with E-state index in [1.165, 1.54) is 7.11 Å². The second kappa shape index (κ2) is 5.37. The van der Waals surface area contributed by atoms with Crippen LogP contribution in [-0.4, -0.2) is 49.4 Å². The fourth-order valence-corrected chi connectivity index (χ4v) is 1.68. The normalized spacial score (nSPS) is 23.3. The monoisotopic (exact) mass is 264 g/mol. The number of rotatable bonds is 4. The van der Waals surface area contributed by atoms with Crippen LogP contribution in [0.1, 0.15) is 6.42 Å². The van der Waals surface area contributed by atoms with E-state index in [1.807, 2.05) is 0 Å². The van der Waals surface area contributed by atoms with Gasteiger partial charge in [-0.15, -0.1) is 11.6 Å². The molecule has 0 aromatic carbocycles. The van der Waals surface area contributed by atoms with Crippen LogP contribution in [-0.2, 0) is 23.8 Å². The van der Waals surface area contributed by atoms with Crippen molar-refractivity contribution in [1.29, 1.82) is 0 Å². The predicted molar refractivity (Wildman–Crippen MR) is 57.3 cm³/mol. The number of carbonyl (C=O) groups excluding carboxylic acids is 2. The van der Waals surface area contributed by atoms with Crippen LogP contribution in [0.3, 0.4) is 0 Å². The lowest BCUT2D eigenvalue weighted by atomic mass is 9.97. The maximum Gasteiger partial charge on any atom is 0.340 e. The summed E-state index contributed by atoms with van der Waals surface area (Å²) < 4.78 is 14.1. The Balaban J connectivity index is 3.06. The lowest BCUT2D eigenvalue weighted by Gasteiger charge is -2.18. The van der Waals surface area contributed by atoms with Crippen LogP contribution in [0, 0.1) is 0 Å². The largest absolute Gasteiger partial charge is 0.493 e. The van der Waals surface area contributed by atoms with E-state index < -0.39 is 17.5 Å². The van der Waals surface area contributed by atoms with E-state index in [0.717, 1.165) is 7.11 Å². The number of halogens is 1. The third-order valence-electron chi connectivity index (χ3n) is 2.37. The summed E-state index contributed by atoms with van der Waals surface area (Å²) in [7, 11) is 2.38. The van der Waals surface area contributed by atoms with Gasteiger partial charge < -0.3 is 19.3 Å². The van der Waals surface area contributed by atoms with Gasteiger partial charge in [0.25, 0.3) is 0 Å². The Bertz CT molecular complexity index is 364. The van der Waals surface area contributed by atoms with Crippen LogP contribution in [0.4, 0.5) is 0 Å². The van der Waals surface area contributed by atoms with Crippen LogP contribution in [0.5, 0.6) is 0 Å². The highest BCUT2D eigenvalue weighted by Crippen LogP contribution is 2.33. The molecule has 1 rings (SSSR count). The van der Waals surface area contributed by atoms with Crippen LogP contribution in [0.25, 0.3) is 0 Å². The zero-order valence-electron chi connectivity index (χ0n) is 9.49. The van der Waals surface area contributed by atoms with Crippen molar-refractivity contribution in [3.8, 4) is 0 Å². The first-order valence-corrected chi connectivity index (χ1v) is 5.32. The van der Waals surface area contributed by atoms with Gasteiger partial charge in [-0.3, -0.25) is 4.79 Å². The van der Waals surface area contributed by atoms with E-state index in [-0.39, 0.29) is 30.2 Å². The van der Waals surface area contributed by atoms with Crippen LogP contribution in [0.2, 0.25) is 0 Å². The molecule has 96 valence electrons. The molecule has 0 aromatic heterocycles. The topological polar surface area (TPSA) is 82.1 Å². The molecule has 7 heteroatoms. The Labute approximate surface area is 103 Å². The molecule has 0 aliphatic carbocycles. The minimum absolute atomic E-state index is 0.0341. The van der Waals surface area contributed by atoms with Crippen molar-refractivity contribution in [1.82, 2.24) is 0 Å². The summed E-state index contributed by atoms with van der Waals surface area (Å²) >= 11 is 5.59. The minimum Gasteiger partial charge on any atom is -0.493 e. The summed E-state index contributed by atoms with van der Waals surface area (Å²) in [6, 6.07) is 0. The molecule has 1 atom stereocenters. The summed E-state index contributed by atoms with van der Waals surface area (Å²) in [5.41, 5.74) is -1.75. The van der Waals surface area contributed by atoms with Gasteiger partial charge in [0.1, 0.15) is 30.0 Å². The predicted octanol–water partition coefficient (Wildman–Crippen LogP) is -0.0233. The second-order valence-corrected chi connectivity index (χ2v) is 3.76. The quantitative estimate of drug-likeness (QED) is 0.567. The van der Waals surface area contributed by atoms with Crippen LogP contribution < -0.4 is 0 Å². The molecule has 0 spiro atoms. The van der Waals surface area contributed by atoms with Gasteiger partial charge in [0.2, 0.25) is 0 Å². The van der Waals surface area contributed by atoms with E-state index in [4.69, 9.17) is 16.3 Å². The lowest BCUT2D eigenvalue weighted by Crippen LogP contribution is -2.38. The van der Waals surface area contributed by atoms with E-state index in [1.54, 1.807) is 0 Å². The first-order chi connectivity index (χ1) is 7.98. The van der Waals surface area contributed by atoms with Gasteiger partial charge in [0.05, 0.1) is 20.1 Å². The summed E-state index contributed by atoms with van der Waals surface area (Å²) in [5, 5.41) is 10.0. The number of esters is 2. The molecule has 1 heterocycles. The Hall–Kier alpha value is -1.27. The highest BCUT2D eigenvalue weighted by Gasteiger charge is 2.45. The van der Waals surface area contributed by atoms with Crippen LogP contribution in [0.15, 0.2) is 11.3 Å². The van der Waals surface area contributed by atoms with E-state index >= 15 is 0 Å². The van der Waals surface area contributed by atoms with Crippen LogP contribution >= 0.6 is 11.6 Å². The van der Waals surface area contributed by atoms with Gasteiger partial charge >= 0.3 is 11.9 Å². The number of methoxy groups -OCH3 is 2. The van der Waals surface area contributed by atoms with Crippen molar-refractivity contribution >= 4 is 23.5 Å². The van der Waals surface area contributed by atoms with Gasteiger partial charge in [-0.05, 0) is 0 Å². The molecule has 6 nitrogen and oxygen atoms in total. The van der Waals surface area contributed by atoms with Gasteiger partial charge in [0, 0.05) is 0 Å². The first kappa shape index (κ1) is 13.8. The average molecular weight is 265 g/mol. The molecule has 1 aliphatic rings. The van der Waals surface area contributed by atoms with Crippen molar-refractivity contribution in [2.45, 2.75) is 12.0 Å². The fourth-order valence-electron chi connectivity index (χ4n) is 1.46. The second-order valence-electron chi connectivity index (χ2n) is 3.50. The number of hydrogen-bond donors (Lipinski definition) is 1. The molecule has 0 aromatic rings. The molecule has 0 saturated heterocycles. The Morgan fingerprint density at radius 1 is 1.47 bits per heavy atom. The molecule has 0 bridgehead atoms. The summed E-state index contributed by atoms with van der Waals surface area (Å²) in [4.78, 5) is 22.7. The van der Waals surface area contributed by atoms with Crippen molar-refractivity contribution in [2.24, 2.45) is 0 Å². The average Bonchev–Trinajstić information content (AvgIpc) is 2.66. The number of carbonyl (C=O) groups is 2. The lowest BCUT2D eigenvalue weighted by molar-refractivity contribution is -0.140. The van der Waals surface area contributed by atoms with Crippen molar-refractivity contribution in [2.75, 3.05) is 26.7 Å². The number of ether oxygens (including phenoxy) is 3. The number of alkyl halides is 1. The fraction of sp³-hybridized carbons (Fsp3) is 0.600. The van der Waals surface area contributed by atoms with E-state index in [9.17, 15) is 14.7 Å². The summed E-state index contributed by atoms with van der Waals surface area (Å²) in [6.07, 6.45) is -0.250. The molecular formula is C10H13ClO6. The maximum atomic E-state index is 11.5. The Kier molecular flexibility index (Phi) is 4.36. The standard InChI is InChI=1S/C10H13ClO6/c1-15-7(12)3-6-8(9(13)16-2)10(14,4-11)5-17-6/h14H,3-5H2,1-2H3. The number of aliphatic hydroxyl groups is 1. The molecule has 1 aliphatic heterocycles. The molecule has 17 heavy (non-hydrogen) atoms. The smallest absolute Gasteiger partial charge is 0.340 e. The van der Waals surface area contributed by atoms with E-state index in [2.05, 4.69) is 9.47 Å². The van der Waals surface area contributed by atoms with Crippen molar-refractivity contribution in [3.63, 3.8) is 0 Å². The van der Waals surface area contributed by atoms with Gasteiger partial charge in [-0.1, -0.05) is 0 Å². The van der Waals surface area contributed by atoms with Gasteiger partial charge in [-0.2, -0.15) is 0 Å². The molecular weight excluding hydrogens is 252 g/mol. The Morgan fingerprint density at radius 3 is 2.59 bits per heavy atom. The molecule has 0 amide bonds. The number of hydrogen-bond acceptors (Lipinski definition) is 6. The van der Waals surface area contributed by atoms with E-state index in [0.29, 0.717) is 0 Å². The zero-order chi connectivity index (χ0) is 13.1. The minimum atomic E-state index is -1.63. The first-order valence-electron chi connectivity index (χ1n) is 4.78. The third-order valence-corrected chi connectivity index (χ3v) is 2.81. The zero-order valence-corrected chi connectivity index (χ0v) is 10.2. The Morgan fingerprint density at radius 2 is 2.12 bits per heavy atom. The third kappa shape index (κ3) is 2.70. The molecule has 0 fully saturated rings. The van der Waals surface area contributed by atoms with Gasteiger partial charge in [-0.25, -0.2) is 4.79 Å². The summed E-state index contributed by atoms with van der Waals surface area (Å²) in [5.74, 6) is -1.56. The highest BCUT2D eigenvalue weighted by atomic mass is 35.5. The molecule has 1 unspecified atom stereocenters. The molecule has 0 saturated carbocycles. The maximum absolute atomic E-state index is 11.5.